The molecular formula is C26H19N3O4S2. The number of thiophene rings is 1. The number of carbonyl (C=O) groups is 2. The molecule has 0 aliphatic carbocycles. The molecule has 4 aromatic rings. The third kappa shape index (κ3) is 6.66. The highest BCUT2D eigenvalue weighted by Crippen LogP contribution is 2.30. The number of nitro groups is 1. The number of benzene rings is 3. The number of nitrogens with one attached hydrogen (secondary N) is 2. The average Bonchev–Trinajstić information content (AvgIpc) is 3.39. The minimum absolute atomic E-state index is 0.0400. The van der Waals surface area contributed by atoms with Crippen LogP contribution in [-0.4, -0.2) is 16.7 Å². The van der Waals surface area contributed by atoms with Gasteiger partial charge in [-0.3, -0.25) is 19.7 Å². The second-order valence-corrected chi connectivity index (χ2v) is 9.35. The quantitative estimate of drug-likeness (QED) is 0.170. The zero-order chi connectivity index (χ0) is 24.6. The molecule has 0 aliphatic rings. The van der Waals surface area contributed by atoms with Crippen LogP contribution < -0.4 is 10.6 Å². The lowest BCUT2D eigenvalue weighted by atomic mass is 10.2. The first-order valence-electron chi connectivity index (χ1n) is 10.4. The molecule has 3 aromatic carbocycles. The molecule has 9 heteroatoms. The van der Waals surface area contributed by atoms with Gasteiger partial charge in [-0.1, -0.05) is 36.0 Å². The Hall–Kier alpha value is -4.21. The van der Waals surface area contributed by atoms with Crippen LogP contribution in [-0.2, 0) is 4.79 Å². The van der Waals surface area contributed by atoms with Gasteiger partial charge in [-0.05, 0) is 66.1 Å². The topological polar surface area (TPSA) is 101 Å². The monoisotopic (exact) mass is 501 g/mol. The normalized spacial score (nSPS) is 11.0. The number of non-ortho nitro benzene ring substituents is 1. The summed E-state index contributed by atoms with van der Waals surface area (Å²) in [5, 5.41) is 18.2. The maximum atomic E-state index is 13.0. The van der Waals surface area contributed by atoms with Crippen molar-refractivity contribution in [3.05, 3.63) is 123 Å². The van der Waals surface area contributed by atoms with Crippen LogP contribution in [0.15, 0.2) is 112 Å². The fourth-order valence-electron chi connectivity index (χ4n) is 3.03. The molecule has 0 unspecified atom stereocenters. The maximum absolute atomic E-state index is 13.0. The second kappa shape index (κ2) is 11.3. The number of rotatable bonds is 8. The van der Waals surface area contributed by atoms with Crippen molar-refractivity contribution in [2.75, 3.05) is 5.32 Å². The van der Waals surface area contributed by atoms with Gasteiger partial charge in [0.2, 0.25) is 0 Å². The first-order valence-corrected chi connectivity index (χ1v) is 12.1. The van der Waals surface area contributed by atoms with Crippen LogP contribution in [0.4, 0.5) is 11.4 Å². The molecule has 0 saturated carbocycles. The number of anilines is 1. The van der Waals surface area contributed by atoms with E-state index in [1.54, 1.807) is 54.6 Å². The van der Waals surface area contributed by atoms with Gasteiger partial charge in [0.25, 0.3) is 17.5 Å². The van der Waals surface area contributed by atoms with Gasteiger partial charge in [0.15, 0.2) is 0 Å². The summed E-state index contributed by atoms with van der Waals surface area (Å²) in [6.45, 7) is 0. The summed E-state index contributed by atoms with van der Waals surface area (Å²) in [5.74, 6) is -0.822. The SMILES string of the molecule is O=C(Nc1ccc(Sc2ccc([N+](=O)[O-])cc2)cc1)C(=Cc1cccs1)NC(=O)c1ccccc1. The van der Waals surface area contributed by atoms with Gasteiger partial charge in [-0.2, -0.15) is 0 Å². The van der Waals surface area contributed by atoms with Crippen molar-refractivity contribution in [3.8, 4) is 0 Å². The van der Waals surface area contributed by atoms with E-state index in [1.807, 2.05) is 35.7 Å². The van der Waals surface area contributed by atoms with E-state index in [0.717, 1.165) is 14.7 Å². The molecular weight excluding hydrogens is 482 g/mol. The van der Waals surface area contributed by atoms with Crippen LogP contribution in [0.3, 0.4) is 0 Å². The molecule has 1 aromatic heterocycles. The number of hydrogen-bond donors (Lipinski definition) is 2. The third-order valence-electron chi connectivity index (χ3n) is 4.75. The standard InChI is InChI=1S/C26H19N3O4S2/c30-25(18-5-2-1-3-6-18)28-24(17-23-7-4-16-34-23)26(31)27-19-8-12-21(13-9-19)35-22-14-10-20(11-15-22)29(32)33/h1-17H,(H,27,31)(H,28,30). The van der Waals surface area contributed by atoms with Gasteiger partial charge in [0.1, 0.15) is 5.70 Å². The molecule has 0 radical (unpaired) electrons. The Bertz CT molecular complexity index is 1350. The molecule has 7 nitrogen and oxygen atoms in total. The van der Waals surface area contributed by atoms with E-state index in [4.69, 9.17) is 0 Å². The van der Waals surface area contributed by atoms with E-state index in [2.05, 4.69) is 10.6 Å². The third-order valence-corrected chi connectivity index (χ3v) is 6.59. The van der Waals surface area contributed by atoms with Gasteiger partial charge in [0.05, 0.1) is 4.92 Å². The van der Waals surface area contributed by atoms with E-state index in [9.17, 15) is 19.7 Å². The summed E-state index contributed by atoms with van der Waals surface area (Å²) in [7, 11) is 0. The predicted octanol–water partition coefficient (Wildman–Crippen LogP) is 6.22. The van der Waals surface area contributed by atoms with Crippen molar-refractivity contribution in [2.45, 2.75) is 9.79 Å². The maximum Gasteiger partial charge on any atom is 0.272 e. The van der Waals surface area contributed by atoms with Crippen LogP contribution in [0.1, 0.15) is 15.2 Å². The summed E-state index contributed by atoms with van der Waals surface area (Å²) < 4.78 is 0. The summed E-state index contributed by atoms with van der Waals surface area (Å²) in [6.07, 6.45) is 1.64. The van der Waals surface area contributed by atoms with Crippen molar-refractivity contribution in [1.29, 1.82) is 0 Å². The number of amides is 2. The summed E-state index contributed by atoms with van der Waals surface area (Å²) >= 11 is 2.90. The lowest BCUT2D eigenvalue weighted by Crippen LogP contribution is -2.30. The fraction of sp³-hybridized carbons (Fsp3) is 0. The Morgan fingerprint density at radius 1 is 0.857 bits per heavy atom. The molecule has 35 heavy (non-hydrogen) atoms. The highest BCUT2D eigenvalue weighted by atomic mass is 32.2. The highest BCUT2D eigenvalue weighted by molar-refractivity contribution is 7.99. The van der Waals surface area contributed by atoms with Crippen molar-refractivity contribution in [1.82, 2.24) is 5.32 Å². The van der Waals surface area contributed by atoms with E-state index >= 15 is 0 Å². The molecule has 0 atom stereocenters. The molecule has 0 saturated heterocycles. The Balaban J connectivity index is 1.45. The molecule has 2 amide bonds. The largest absolute Gasteiger partial charge is 0.321 e. The van der Waals surface area contributed by atoms with Crippen molar-refractivity contribution < 1.29 is 14.5 Å². The average molecular weight is 502 g/mol. The summed E-state index contributed by atoms with van der Waals surface area (Å²) in [5.41, 5.74) is 1.18. The van der Waals surface area contributed by atoms with E-state index in [-0.39, 0.29) is 17.3 Å². The zero-order valence-corrected chi connectivity index (χ0v) is 19.8. The Morgan fingerprint density at radius 2 is 1.51 bits per heavy atom. The molecule has 174 valence electrons. The smallest absolute Gasteiger partial charge is 0.272 e. The van der Waals surface area contributed by atoms with E-state index < -0.39 is 10.8 Å². The van der Waals surface area contributed by atoms with Crippen LogP contribution >= 0.6 is 23.1 Å². The Labute approximate surface area is 209 Å². The highest BCUT2D eigenvalue weighted by Gasteiger charge is 2.15. The second-order valence-electron chi connectivity index (χ2n) is 7.23. The van der Waals surface area contributed by atoms with Gasteiger partial charge >= 0.3 is 0 Å². The number of nitrogens with zero attached hydrogens (tertiary/aromatic N) is 1. The van der Waals surface area contributed by atoms with Crippen molar-refractivity contribution >= 4 is 52.4 Å². The predicted molar refractivity (Wildman–Crippen MR) is 138 cm³/mol. The van der Waals surface area contributed by atoms with Gasteiger partial charge in [0, 0.05) is 38.1 Å². The van der Waals surface area contributed by atoms with Crippen molar-refractivity contribution in [3.63, 3.8) is 0 Å². The van der Waals surface area contributed by atoms with Crippen LogP contribution in [0, 0.1) is 10.1 Å². The number of hydrogen-bond acceptors (Lipinski definition) is 6. The molecule has 0 spiro atoms. The first kappa shape index (κ1) is 23.9. The minimum atomic E-state index is -0.446. The van der Waals surface area contributed by atoms with Crippen LogP contribution in [0.2, 0.25) is 0 Å². The first-order chi connectivity index (χ1) is 17.0. The molecule has 0 fully saturated rings. The molecule has 4 rings (SSSR count). The minimum Gasteiger partial charge on any atom is -0.321 e. The van der Waals surface area contributed by atoms with Crippen LogP contribution in [0.25, 0.3) is 6.08 Å². The van der Waals surface area contributed by atoms with Gasteiger partial charge in [-0.15, -0.1) is 11.3 Å². The summed E-state index contributed by atoms with van der Waals surface area (Å²) in [6, 6.07) is 25.9. The Kier molecular flexibility index (Phi) is 7.71. The molecule has 2 N–H and O–H groups in total. The van der Waals surface area contributed by atoms with Crippen molar-refractivity contribution in [2.24, 2.45) is 0 Å². The number of carbonyl (C=O) groups excluding carboxylic acids is 2. The van der Waals surface area contributed by atoms with Crippen LogP contribution in [0.5, 0.6) is 0 Å². The van der Waals surface area contributed by atoms with Gasteiger partial charge in [-0.25, -0.2) is 0 Å². The number of nitro benzene ring substituents is 1. The van der Waals surface area contributed by atoms with Gasteiger partial charge < -0.3 is 10.6 Å². The zero-order valence-electron chi connectivity index (χ0n) is 18.2. The fourth-order valence-corrected chi connectivity index (χ4v) is 4.51. The van der Waals surface area contributed by atoms with E-state index in [0.29, 0.717) is 11.3 Å². The molecule has 0 bridgehead atoms. The Morgan fingerprint density at radius 3 is 2.11 bits per heavy atom. The molecule has 1 heterocycles. The molecule has 0 aliphatic heterocycles. The lowest BCUT2D eigenvalue weighted by molar-refractivity contribution is -0.384. The lowest BCUT2D eigenvalue weighted by Gasteiger charge is -2.11. The van der Waals surface area contributed by atoms with E-state index in [1.165, 1.54) is 35.2 Å². The summed E-state index contributed by atoms with van der Waals surface area (Å²) in [4.78, 5) is 38.6.